The summed E-state index contributed by atoms with van der Waals surface area (Å²) in [5, 5.41) is 9.75. The second-order valence-corrected chi connectivity index (χ2v) is 6.50. The average Bonchev–Trinajstić information content (AvgIpc) is 2.73. The van der Waals surface area contributed by atoms with E-state index in [9.17, 15) is 41.0 Å². The van der Waals surface area contributed by atoms with Crippen molar-refractivity contribution in [2.45, 2.75) is 37.5 Å². The number of benzene rings is 1. The smallest absolute Gasteiger partial charge is 0.313 e. The second-order valence-electron chi connectivity index (χ2n) is 6.50. The van der Waals surface area contributed by atoms with Gasteiger partial charge in [0.25, 0.3) is 18.7 Å². The van der Waals surface area contributed by atoms with E-state index in [1.54, 1.807) is 0 Å². The number of aromatic nitrogens is 1. The lowest BCUT2D eigenvalue weighted by molar-refractivity contribution is -0.142. The molecule has 0 bridgehead atoms. The van der Waals surface area contributed by atoms with Crippen molar-refractivity contribution in [3.05, 3.63) is 59.3 Å². The molecule has 2 aromatic rings. The number of hydrogen-bond donors (Lipinski definition) is 1. The van der Waals surface area contributed by atoms with Crippen LogP contribution in [0.5, 0.6) is 5.88 Å². The Kier molecular flexibility index (Phi) is 6.37. The van der Waals surface area contributed by atoms with Crippen molar-refractivity contribution in [1.29, 1.82) is 0 Å². The minimum absolute atomic E-state index is 0.0236. The molecule has 0 aliphatic carbocycles. The fourth-order valence-electron chi connectivity index (χ4n) is 3.37. The lowest BCUT2D eigenvalue weighted by Gasteiger charge is -2.41. The number of hydrogen-bond acceptors (Lipinski definition) is 4. The lowest BCUT2D eigenvalue weighted by Crippen LogP contribution is -2.50. The molecule has 0 radical (unpaired) electrons. The summed E-state index contributed by atoms with van der Waals surface area (Å²) in [5.41, 5.74) is -0.470. The molecule has 0 saturated carbocycles. The number of pyridine rings is 1. The Balaban J connectivity index is 2.09. The number of ether oxygens (including phenoxy) is 1. The molecule has 1 aromatic heterocycles. The number of alkyl halides is 6. The molecular weight excluding hydrogens is 434 g/mol. The van der Waals surface area contributed by atoms with Crippen LogP contribution in [0.25, 0.3) is 0 Å². The van der Waals surface area contributed by atoms with Gasteiger partial charge in [0, 0.05) is 17.8 Å². The van der Waals surface area contributed by atoms with Crippen LogP contribution >= 0.6 is 0 Å². The molecule has 3 rings (SSSR count). The molecule has 4 atom stereocenters. The summed E-state index contributed by atoms with van der Waals surface area (Å²) in [6, 6.07) is 5.42. The van der Waals surface area contributed by atoms with Crippen molar-refractivity contribution >= 4 is 11.9 Å². The van der Waals surface area contributed by atoms with Gasteiger partial charge in [-0.15, -0.1) is 0 Å². The van der Waals surface area contributed by atoms with E-state index in [1.807, 2.05) is 0 Å². The summed E-state index contributed by atoms with van der Waals surface area (Å²) >= 11 is 0. The minimum atomic E-state index is -3.64. The first-order valence-corrected chi connectivity index (χ1v) is 8.75. The van der Waals surface area contributed by atoms with Gasteiger partial charge >= 0.3 is 12.4 Å². The molecule has 12 heteroatoms. The third kappa shape index (κ3) is 4.28. The van der Waals surface area contributed by atoms with Gasteiger partial charge in [-0.1, -0.05) is 24.3 Å². The van der Waals surface area contributed by atoms with Crippen LogP contribution in [0.1, 0.15) is 33.4 Å². The third-order valence-electron chi connectivity index (χ3n) is 4.65. The molecule has 1 N–H and O–H groups in total. The van der Waals surface area contributed by atoms with Crippen LogP contribution in [0.15, 0.2) is 42.6 Å². The Bertz CT molecular complexity index is 959. The molecule has 31 heavy (non-hydrogen) atoms. The summed E-state index contributed by atoms with van der Waals surface area (Å²) in [7, 11) is 0. The molecule has 166 valence electrons. The number of carboxylic acid groups (broad SMARTS) is 1. The van der Waals surface area contributed by atoms with Gasteiger partial charge in [0.2, 0.25) is 12.2 Å². The average molecular weight is 448 g/mol. The number of fused-ring (bicyclic) bond motifs is 1. The van der Waals surface area contributed by atoms with Gasteiger partial charge in [-0.25, -0.2) is 26.9 Å². The second kappa shape index (κ2) is 8.82. The summed E-state index contributed by atoms with van der Waals surface area (Å²) < 4.78 is 82.7. The molecule has 1 aromatic carbocycles. The van der Waals surface area contributed by atoms with E-state index in [2.05, 4.69) is 9.72 Å². The number of carbonyl (C=O) groups is 2. The zero-order chi connectivity index (χ0) is 22.9. The maximum absolute atomic E-state index is 14.5. The van der Waals surface area contributed by atoms with Crippen LogP contribution in [0.2, 0.25) is 0 Å². The fourth-order valence-corrected chi connectivity index (χ4v) is 3.37. The van der Waals surface area contributed by atoms with Crippen LogP contribution < -0.4 is 4.74 Å². The van der Waals surface area contributed by atoms with Gasteiger partial charge < -0.3 is 9.84 Å². The summed E-state index contributed by atoms with van der Waals surface area (Å²) in [5.74, 6) is -4.94. The fraction of sp³-hybridized carbons (Fsp3) is 0.316. The summed E-state index contributed by atoms with van der Waals surface area (Å²) in [4.78, 5) is 28.5. The molecular formula is C19H14F6N2O4. The van der Waals surface area contributed by atoms with Crippen molar-refractivity contribution in [3.63, 3.8) is 0 Å². The SMILES string of the molecule is O=C(O)C1c2ccccc2C(=O)N(C(F)C(F)F)C1c1ccc(OC(F)C(F)F)nc1. The predicted molar refractivity (Wildman–Crippen MR) is 92.4 cm³/mol. The van der Waals surface area contributed by atoms with Crippen LogP contribution in [0.4, 0.5) is 26.3 Å². The van der Waals surface area contributed by atoms with E-state index in [0.29, 0.717) is 0 Å². The van der Waals surface area contributed by atoms with E-state index in [1.165, 1.54) is 24.3 Å². The largest absolute Gasteiger partial charge is 0.481 e. The first-order chi connectivity index (χ1) is 14.6. The molecule has 4 unspecified atom stereocenters. The van der Waals surface area contributed by atoms with Gasteiger partial charge in [-0.2, -0.15) is 4.39 Å². The highest BCUT2D eigenvalue weighted by atomic mass is 19.3. The maximum Gasteiger partial charge on any atom is 0.313 e. The molecule has 1 aliphatic heterocycles. The number of halogens is 6. The third-order valence-corrected chi connectivity index (χ3v) is 4.65. The highest BCUT2D eigenvalue weighted by Gasteiger charge is 2.49. The Hall–Kier alpha value is -3.31. The van der Waals surface area contributed by atoms with Gasteiger partial charge in [-0.3, -0.25) is 14.5 Å². The van der Waals surface area contributed by atoms with Crippen LogP contribution in [0.3, 0.4) is 0 Å². The van der Waals surface area contributed by atoms with E-state index in [-0.39, 0.29) is 21.6 Å². The highest BCUT2D eigenvalue weighted by molar-refractivity contribution is 6.00. The van der Waals surface area contributed by atoms with E-state index in [4.69, 9.17) is 0 Å². The predicted octanol–water partition coefficient (Wildman–Crippen LogP) is 3.95. The summed E-state index contributed by atoms with van der Waals surface area (Å²) in [6.07, 6.45) is -12.4. The van der Waals surface area contributed by atoms with Gasteiger partial charge in [0.15, 0.2) is 0 Å². The van der Waals surface area contributed by atoms with Gasteiger partial charge in [0.05, 0.1) is 6.04 Å². The van der Waals surface area contributed by atoms with Crippen LogP contribution in [-0.4, -0.2) is 52.4 Å². The molecule has 0 fully saturated rings. The Labute approximate surface area is 171 Å². The molecule has 1 amide bonds. The Morgan fingerprint density at radius 3 is 2.26 bits per heavy atom. The van der Waals surface area contributed by atoms with E-state index < -0.39 is 55.2 Å². The van der Waals surface area contributed by atoms with Gasteiger partial charge in [0.1, 0.15) is 5.92 Å². The first-order valence-electron chi connectivity index (χ1n) is 8.75. The van der Waals surface area contributed by atoms with Crippen molar-refractivity contribution in [3.8, 4) is 5.88 Å². The normalized spacial score (nSPS) is 20.5. The zero-order valence-electron chi connectivity index (χ0n) is 15.3. The first kappa shape index (κ1) is 22.4. The lowest BCUT2D eigenvalue weighted by atomic mass is 9.80. The number of rotatable bonds is 7. The molecule has 0 saturated heterocycles. The van der Waals surface area contributed by atoms with E-state index in [0.717, 1.165) is 18.3 Å². The maximum atomic E-state index is 14.5. The monoisotopic (exact) mass is 448 g/mol. The number of nitrogens with zero attached hydrogens (tertiary/aromatic N) is 2. The molecule has 1 aliphatic rings. The van der Waals surface area contributed by atoms with Crippen LogP contribution in [-0.2, 0) is 4.79 Å². The number of amides is 1. The number of aliphatic carboxylic acids is 1. The minimum Gasteiger partial charge on any atom is -0.481 e. The van der Waals surface area contributed by atoms with E-state index >= 15 is 0 Å². The number of carbonyl (C=O) groups excluding carboxylic acids is 1. The topological polar surface area (TPSA) is 79.7 Å². The zero-order valence-corrected chi connectivity index (χ0v) is 15.3. The number of carboxylic acids is 1. The standard InChI is InChI=1S/C19H14F6N2O4/c20-14(21)16(24)27-13(8-5-6-11(26-7-8)31-17(25)15(22)23)12(19(29)30)9-3-1-2-4-10(9)18(27)28/h1-7,12-17H,(H,29,30). The Morgan fingerprint density at radius 2 is 1.71 bits per heavy atom. The highest BCUT2D eigenvalue weighted by Crippen LogP contribution is 2.44. The van der Waals surface area contributed by atoms with Crippen molar-refractivity contribution < 1.29 is 45.8 Å². The van der Waals surface area contributed by atoms with Crippen molar-refractivity contribution in [1.82, 2.24) is 9.88 Å². The molecule has 2 heterocycles. The molecule has 0 spiro atoms. The summed E-state index contributed by atoms with van der Waals surface area (Å²) in [6.45, 7) is 0. The van der Waals surface area contributed by atoms with Crippen molar-refractivity contribution in [2.24, 2.45) is 0 Å². The van der Waals surface area contributed by atoms with Gasteiger partial charge in [-0.05, 0) is 17.2 Å². The molecule has 6 nitrogen and oxygen atoms in total. The quantitative estimate of drug-likeness (QED) is 0.513. The van der Waals surface area contributed by atoms with Crippen molar-refractivity contribution in [2.75, 3.05) is 0 Å². The Morgan fingerprint density at radius 1 is 1.03 bits per heavy atom. The van der Waals surface area contributed by atoms with Crippen LogP contribution in [0, 0.1) is 0 Å².